The van der Waals surface area contributed by atoms with Crippen molar-refractivity contribution in [3.05, 3.63) is 54.1 Å². The van der Waals surface area contributed by atoms with E-state index in [1.54, 1.807) is 0 Å². The third-order valence-electron chi connectivity index (χ3n) is 3.55. The normalized spacial score (nSPS) is 12.7. The number of sulfonamides is 2. The number of ether oxygens (including phenoxy) is 1. The summed E-state index contributed by atoms with van der Waals surface area (Å²) in [6, 6.07) is 10.9. The van der Waals surface area contributed by atoms with Crippen LogP contribution in [0.3, 0.4) is 0 Å². The van der Waals surface area contributed by atoms with Crippen LogP contribution in [0.5, 0.6) is 0 Å². The topological polar surface area (TPSA) is 162 Å². The van der Waals surface area contributed by atoms with Crippen LogP contribution in [-0.2, 0) is 29.6 Å². The molecule has 0 aliphatic heterocycles. The van der Waals surface area contributed by atoms with Crippen molar-refractivity contribution in [2.24, 2.45) is 5.14 Å². The Morgan fingerprint density at radius 2 is 1.59 bits per heavy atom. The average molecular weight is 441 g/mol. The Labute approximate surface area is 168 Å². The molecule has 2 rings (SSSR count). The van der Waals surface area contributed by atoms with E-state index in [2.05, 4.69) is 10.0 Å². The smallest absolute Gasteiger partial charge is 0.341 e. The van der Waals surface area contributed by atoms with Crippen molar-refractivity contribution in [3.8, 4) is 0 Å². The van der Waals surface area contributed by atoms with Gasteiger partial charge in [0, 0.05) is 5.69 Å². The minimum absolute atomic E-state index is 0.0196. The number of nitrogens with two attached hydrogens (primary N) is 1. The van der Waals surface area contributed by atoms with Gasteiger partial charge in [-0.2, -0.15) is 0 Å². The van der Waals surface area contributed by atoms with Gasteiger partial charge in [0.2, 0.25) is 20.0 Å². The van der Waals surface area contributed by atoms with Gasteiger partial charge in [0.15, 0.2) is 6.10 Å². The number of esters is 1. The summed E-state index contributed by atoms with van der Waals surface area (Å²) < 4.78 is 52.6. The summed E-state index contributed by atoms with van der Waals surface area (Å²) in [5.41, 5.74) is 0.228. The van der Waals surface area contributed by atoms with Crippen LogP contribution in [-0.4, -0.2) is 41.1 Å². The lowest BCUT2D eigenvalue weighted by molar-refractivity contribution is -0.123. The molecule has 4 N–H and O–H groups in total. The van der Waals surface area contributed by atoms with Gasteiger partial charge in [-0.15, -0.1) is 0 Å². The van der Waals surface area contributed by atoms with E-state index in [1.165, 1.54) is 55.5 Å². The fourth-order valence-electron chi connectivity index (χ4n) is 2.20. The number of rotatable bonds is 7. The SMILES string of the molecule is CC(OC(=O)c1ccccc1NS(C)(=O)=O)C(=O)Nc1ccc(S(N)(=O)=O)cc1. The first-order valence-corrected chi connectivity index (χ1v) is 11.5. The molecule has 0 aliphatic carbocycles. The molecule has 29 heavy (non-hydrogen) atoms. The fraction of sp³-hybridized carbons (Fsp3) is 0.176. The molecule has 0 aromatic heterocycles. The Balaban J connectivity index is 2.07. The van der Waals surface area contributed by atoms with Crippen molar-refractivity contribution in [3.63, 3.8) is 0 Å². The Morgan fingerprint density at radius 1 is 1.00 bits per heavy atom. The fourth-order valence-corrected chi connectivity index (χ4v) is 3.29. The molecule has 0 aliphatic rings. The van der Waals surface area contributed by atoms with Crippen LogP contribution >= 0.6 is 0 Å². The molecule has 0 fully saturated rings. The minimum atomic E-state index is -3.86. The van der Waals surface area contributed by atoms with Gasteiger partial charge >= 0.3 is 5.97 Å². The van der Waals surface area contributed by atoms with Crippen molar-refractivity contribution < 1.29 is 31.2 Å². The van der Waals surface area contributed by atoms with Gasteiger partial charge in [-0.25, -0.2) is 26.8 Å². The number of hydrogen-bond acceptors (Lipinski definition) is 7. The van der Waals surface area contributed by atoms with Gasteiger partial charge in [0.25, 0.3) is 5.91 Å². The number of carbonyl (C=O) groups excluding carboxylic acids is 2. The molecule has 0 radical (unpaired) electrons. The van der Waals surface area contributed by atoms with Gasteiger partial charge < -0.3 is 10.1 Å². The van der Waals surface area contributed by atoms with Crippen LogP contribution < -0.4 is 15.2 Å². The summed E-state index contributed by atoms with van der Waals surface area (Å²) in [6.45, 7) is 1.33. The van der Waals surface area contributed by atoms with E-state index < -0.39 is 38.0 Å². The predicted molar refractivity (Wildman–Crippen MR) is 106 cm³/mol. The summed E-state index contributed by atoms with van der Waals surface area (Å²) in [7, 11) is -7.48. The summed E-state index contributed by atoms with van der Waals surface area (Å²) in [6.07, 6.45) is -0.279. The van der Waals surface area contributed by atoms with Crippen LogP contribution in [0.1, 0.15) is 17.3 Å². The Morgan fingerprint density at radius 3 is 2.14 bits per heavy atom. The van der Waals surface area contributed by atoms with E-state index >= 15 is 0 Å². The lowest BCUT2D eigenvalue weighted by Crippen LogP contribution is -2.30. The first kappa shape index (κ1) is 22.3. The van der Waals surface area contributed by atoms with E-state index in [0.717, 1.165) is 6.26 Å². The summed E-state index contributed by atoms with van der Waals surface area (Å²) in [5.74, 6) is -1.57. The van der Waals surface area contributed by atoms with Crippen molar-refractivity contribution in [2.75, 3.05) is 16.3 Å². The predicted octanol–water partition coefficient (Wildman–Crippen LogP) is 0.890. The Kier molecular flexibility index (Phi) is 6.62. The zero-order chi connectivity index (χ0) is 21.8. The average Bonchev–Trinajstić information content (AvgIpc) is 2.60. The number of hydrogen-bond donors (Lipinski definition) is 3. The zero-order valence-corrected chi connectivity index (χ0v) is 17.1. The second kappa shape index (κ2) is 8.59. The number of amides is 1. The van der Waals surface area contributed by atoms with Crippen LogP contribution in [0, 0.1) is 0 Å². The zero-order valence-electron chi connectivity index (χ0n) is 15.4. The van der Waals surface area contributed by atoms with E-state index in [0.29, 0.717) is 0 Å². The lowest BCUT2D eigenvalue weighted by Gasteiger charge is -2.15. The standard InChI is InChI=1S/C17H19N3O7S2/c1-11(16(21)19-12-7-9-13(10-8-12)29(18,25)26)27-17(22)14-5-3-4-6-15(14)20-28(2,23)24/h3-11,20H,1-2H3,(H,19,21)(H2,18,25,26). The third-order valence-corrected chi connectivity index (χ3v) is 5.07. The highest BCUT2D eigenvalue weighted by Crippen LogP contribution is 2.19. The van der Waals surface area contributed by atoms with E-state index in [-0.39, 0.29) is 21.8 Å². The maximum absolute atomic E-state index is 12.4. The van der Waals surface area contributed by atoms with Crippen LogP contribution in [0.25, 0.3) is 0 Å². The minimum Gasteiger partial charge on any atom is -0.449 e. The summed E-state index contributed by atoms with van der Waals surface area (Å²) in [5, 5.41) is 7.47. The molecular weight excluding hydrogens is 422 g/mol. The number of anilines is 2. The van der Waals surface area contributed by atoms with Crippen LogP contribution in [0.4, 0.5) is 11.4 Å². The second-order valence-corrected chi connectivity index (χ2v) is 9.34. The number of para-hydroxylation sites is 1. The first-order valence-electron chi connectivity index (χ1n) is 8.08. The second-order valence-electron chi connectivity index (χ2n) is 6.03. The maximum Gasteiger partial charge on any atom is 0.341 e. The molecule has 2 aromatic rings. The van der Waals surface area contributed by atoms with Gasteiger partial charge in [-0.05, 0) is 43.3 Å². The first-order chi connectivity index (χ1) is 13.4. The molecule has 0 saturated heterocycles. The Hall–Kier alpha value is -2.96. The lowest BCUT2D eigenvalue weighted by atomic mass is 10.2. The number of primary sulfonamides is 1. The molecule has 1 atom stereocenters. The summed E-state index contributed by atoms with van der Waals surface area (Å²) in [4.78, 5) is 24.5. The highest BCUT2D eigenvalue weighted by Gasteiger charge is 2.22. The molecular formula is C17H19N3O7S2. The van der Waals surface area contributed by atoms with E-state index in [9.17, 15) is 26.4 Å². The van der Waals surface area contributed by atoms with E-state index in [4.69, 9.17) is 9.88 Å². The number of carbonyl (C=O) groups is 2. The molecule has 1 unspecified atom stereocenters. The largest absolute Gasteiger partial charge is 0.449 e. The van der Waals surface area contributed by atoms with Gasteiger partial charge in [-0.3, -0.25) is 9.52 Å². The number of nitrogens with one attached hydrogen (secondary N) is 2. The monoisotopic (exact) mass is 441 g/mol. The number of benzene rings is 2. The van der Waals surface area contributed by atoms with Crippen molar-refractivity contribution in [1.29, 1.82) is 0 Å². The Bertz CT molecular complexity index is 1130. The molecule has 1 amide bonds. The molecule has 156 valence electrons. The molecule has 12 heteroatoms. The molecule has 0 saturated carbocycles. The highest BCUT2D eigenvalue weighted by atomic mass is 32.2. The molecule has 0 bridgehead atoms. The van der Waals surface area contributed by atoms with Gasteiger partial charge in [-0.1, -0.05) is 12.1 Å². The molecule has 0 spiro atoms. The quantitative estimate of drug-likeness (QED) is 0.537. The van der Waals surface area contributed by atoms with Crippen molar-refractivity contribution >= 4 is 43.3 Å². The molecule has 10 nitrogen and oxygen atoms in total. The van der Waals surface area contributed by atoms with Gasteiger partial charge in [0.1, 0.15) is 0 Å². The van der Waals surface area contributed by atoms with Gasteiger partial charge in [0.05, 0.1) is 22.4 Å². The van der Waals surface area contributed by atoms with Crippen molar-refractivity contribution in [1.82, 2.24) is 0 Å². The highest BCUT2D eigenvalue weighted by molar-refractivity contribution is 7.92. The van der Waals surface area contributed by atoms with E-state index in [1.807, 2.05) is 0 Å². The third kappa shape index (κ3) is 6.55. The maximum atomic E-state index is 12.4. The molecule has 2 aromatic carbocycles. The van der Waals surface area contributed by atoms with Crippen molar-refractivity contribution in [2.45, 2.75) is 17.9 Å². The van der Waals surface area contributed by atoms with Crippen LogP contribution in [0.2, 0.25) is 0 Å². The molecule has 0 heterocycles. The summed E-state index contributed by atoms with van der Waals surface area (Å²) >= 11 is 0. The van der Waals surface area contributed by atoms with Crippen LogP contribution in [0.15, 0.2) is 53.4 Å².